The zero-order valence-electron chi connectivity index (χ0n) is 11.5. The summed E-state index contributed by atoms with van der Waals surface area (Å²) in [5, 5.41) is 8.56. The van der Waals surface area contributed by atoms with Crippen LogP contribution in [0, 0.1) is 6.92 Å². The molecule has 0 bridgehead atoms. The molecule has 108 valence electrons. The van der Waals surface area contributed by atoms with Crippen LogP contribution in [0.15, 0.2) is 30.6 Å². The Bertz CT molecular complexity index is 799. The summed E-state index contributed by atoms with van der Waals surface area (Å²) in [5.74, 6) is 1.17. The average molecular weight is 322 g/mol. The van der Waals surface area contributed by atoms with Crippen LogP contribution in [-0.4, -0.2) is 19.6 Å². The molecule has 0 aliphatic carbocycles. The van der Waals surface area contributed by atoms with E-state index in [-0.39, 0.29) is 6.04 Å². The van der Waals surface area contributed by atoms with Crippen molar-refractivity contribution in [1.82, 2.24) is 19.6 Å². The van der Waals surface area contributed by atoms with Crippen molar-refractivity contribution >= 4 is 34.8 Å². The molecule has 1 atom stereocenters. The highest BCUT2D eigenvalue weighted by atomic mass is 35.5. The van der Waals surface area contributed by atoms with Gasteiger partial charge in [0, 0.05) is 11.1 Å². The Balaban J connectivity index is 1.96. The van der Waals surface area contributed by atoms with Crippen LogP contribution in [0.2, 0.25) is 10.2 Å². The maximum absolute atomic E-state index is 6.31. The van der Waals surface area contributed by atoms with E-state index in [9.17, 15) is 0 Å². The molecule has 5 nitrogen and oxygen atoms in total. The van der Waals surface area contributed by atoms with Crippen LogP contribution in [0.25, 0.3) is 5.78 Å². The first kappa shape index (κ1) is 14.1. The molecule has 0 amide bonds. The molecule has 2 heterocycles. The minimum absolute atomic E-state index is 0.0102. The largest absolute Gasteiger partial charge is 0.363 e. The van der Waals surface area contributed by atoms with Gasteiger partial charge >= 0.3 is 0 Å². The van der Waals surface area contributed by atoms with Gasteiger partial charge in [0.2, 0.25) is 0 Å². The van der Waals surface area contributed by atoms with Crippen LogP contribution in [0.5, 0.6) is 0 Å². The highest BCUT2D eigenvalue weighted by molar-refractivity contribution is 6.31. The summed E-state index contributed by atoms with van der Waals surface area (Å²) < 4.78 is 1.60. The molecule has 0 aliphatic heterocycles. The molecule has 0 aliphatic rings. The monoisotopic (exact) mass is 321 g/mol. The smallest absolute Gasteiger partial charge is 0.255 e. The predicted molar refractivity (Wildman–Crippen MR) is 84.0 cm³/mol. The van der Waals surface area contributed by atoms with Crippen LogP contribution >= 0.6 is 23.2 Å². The van der Waals surface area contributed by atoms with E-state index in [2.05, 4.69) is 20.4 Å². The Morgan fingerprint density at radius 2 is 2.05 bits per heavy atom. The van der Waals surface area contributed by atoms with Crippen molar-refractivity contribution in [2.24, 2.45) is 0 Å². The fourth-order valence-corrected chi connectivity index (χ4v) is 2.75. The number of aryl methyl sites for hydroxylation is 1. The summed E-state index contributed by atoms with van der Waals surface area (Å²) in [6.07, 6.45) is 1.44. The van der Waals surface area contributed by atoms with Gasteiger partial charge in [-0.25, -0.2) is 0 Å². The summed E-state index contributed by atoms with van der Waals surface area (Å²) >= 11 is 12.3. The number of hydrogen-bond donors (Lipinski definition) is 1. The number of anilines is 1. The lowest BCUT2D eigenvalue weighted by atomic mass is 10.1. The van der Waals surface area contributed by atoms with Crippen LogP contribution in [0.1, 0.15) is 24.1 Å². The number of rotatable bonds is 3. The summed E-state index contributed by atoms with van der Waals surface area (Å²) in [7, 11) is 0. The second kappa shape index (κ2) is 5.50. The molecule has 0 unspecified atom stereocenters. The zero-order chi connectivity index (χ0) is 15.0. The van der Waals surface area contributed by atoms with E-state index in [0.29, 0.717) is 16.7 Å². The third kappa shape index (κ3) is 2.80. The van der Waals surface area contributed by atoms with Crippen LogP contribution in [0.3, 0.4) is 0 Å². The third-order valence-electron chi connectivity index (χ3n) is 3.21. The molecule has 0 radical (unpaired) electrons. The molecule has 21 heavy (non-hydrogen) atoms. The fourth-order valence-electron chi connectivity index (χ4n) is 2.17. The van der Waals surface area contributed by atoms with Gasteiger partial charge in [0.05, 0.1) is 6.04 Å². The summed E-state index contributed by atoms with van der Waals surface area (Å²) in [6, 6.07) is 7.69. The SMILES string of the molecule is Cc1ccc([C@@H](C)Nc2cc(Cl)nc3ncnn23)c(Cl)c1. The molecule has 7 heteroatoms. The van der Waals surface area contributed by atoms with E-state index in [1.54, 1.807) is 10.6 Å². The normalized spacial score (nSPS) is 12.6. The third-order valence-corrected chi connectivity index (χ3v) is 3.73. The minimum Gasteiger partial charge on any atom is -0.363 e. The molecular weight excluding hydrogens is 309 g/mol. The maximum Gasteiger partial charge on any atom is 0.255 e. The van der Waals surface area contributed by atoms with Gasteiger partial charge in [-0.15, -0.1) is 0 Å². The molecule has 1 N–H and O–H groups in total. The number of benzene rings is 1. The number of nitrogens with zero attached hydrogens (tertiary/aromatic N) is 4. The first-order chi connectivity index (χ1) is 10.0. The Morgan fingerprint density at radius 3 is 2.81 bits per heavy atom. The summed E-state index contributed by atoms with van der Waals surface area (Å²) in [5.41, 5.74) is 2.13. The molecular formula is C14H13Cl2N5. The fraction of sp³-hybridized carbons (Fsp3) is 0.214. The average Bonchev–Trinajstić information content (AvgIpc) is 2.86. The number of nitrogens with one attached hydrogen (secondary N) is 1. The zero-order valence-corrected chi connectivity index (χ0v) is 13.0. The second-order valence-corrected chi connectivity index (χ2v) is 5.62. The highest BCUT2D eigenvalue weighted by Gasteiger charge is 2.13. The lowest BCUT2D eigenvalue weighted by Crippen LogP contribution is -2.11. The van der Waals surface area contributed by atoms with E-state index in [4.69, 9.17) is 23.2 Å². The topological polar surface area (TPSA) is 55.1 Å². The first-order valence-corrected chi connectivity index (χ1v) is 7.19. The standard InChI is InChI=1S/C14H13Cl2N5/c1-8-3-4-10(11(15)5-8)9(2)19-13-6-12(16)20-14-17-7-18-21(13)14/h3-7,9,19H,1-2H3/t9-/m1/s1. The first-order valence-electron chi connectivity index (χ1n) is 6.43. The van der Waals surface area contributed by atoms with Crippen molar-refractivity contribution in [3.63, 3.8) is 0 Å². The van der Waals surface area contributed by atoms with Gasteiger partial charge in [0.1, 0.15) is 17.3 Å². The van der Waals surface area contributed by atoms with E-state index in [0.717, 1.165) is 16.1 Å². The second-order valence-electron chi connectivity index (χ2n) is 4.83. The number of halogens is 2. The van der Waals surface area contributed by atoms with Crippen LogP contribution in [0.4, 0.5) is 5.82 Å². The van der Waals surface area contributed by atoms with Gasteiger partial charge in [0.15, 0.2) is 0 Å². The van der Waals surface area contributed by atoms with E-state index < -0.39 is 0 Å². The van der Waals surface area contributed by atoms with Gasteiger partial charge < -0.3 is 5.32 Å². The predicted octanol–water partition coefficient (Wildman–Crippen LogP) is 3.91. The van der Waals surface area contributed by atoms with E-state index in [1.165, 1.54) is 6.33 Å². The van der Waals surface area contributed by atoms with Crippen molar-refractivity contribution in [3.05, 3.63) is 51.9 Å². The van der Waals surface area contributed by atoms with Gasteiger partial charge in [0.25, 0.3) is 5.78 Å². The molecule has 3 rings (SSSR count). The molecule has 0 saturated carbocycles. The summed E-state index contributed by atoms with van der Waals surface area (Å²) in [4.78, 5) is 8.13. The van der Waals surface area contributed by atoms with Crippen molar-refractivity contribution in [2.45, 2.75) is 19.9 Å². The quantitative estimate of drug-likeness (QED) is 0.743. The van der Waals surface area contributed by atoms with E-state index in [1.807, 2.05) is 32.0 Å². The highest BCUT2D eigenvalue weighted by Crippen LogP contribution is 2.27. The Kier molecular flexibility index (Phi) is 3.69. The van der Waals surface area contributed by atoms with Gasteiger partial charge in [-0.3, -0.25) is 0 Å². The maximum atomic E-state index is 6.31. The number of aromatic nitrogens is 4. The van der Waals surface area contributed by atoms with Crippen molar-refractivity contribution in [2.75, 3.05) is 5.32 Å². The van der Waals surface area contributed by atoms with Gasteiger partial charge in [-0.2, -0.15) is 19.6 Å². The number of fused-ring (bicyclic) bond motifs is 1. The Labute approximate surface area is 131 Å². The van der Waals surface area contributed by atoms with Gasteiger partial charge in [-0.05, 0) is 31.0 Å². The van der Waals surface area contributed by atoms with Crippen molar-refractivity contribution in [1.29, 1.82) is 0 Å². The molecule has 2 aromatic heterocycles. The number of hydrogen-bond acceptors (Lipinski definition) is 4. The van der Waals surface area contributed by atoms with Crippen molar-refractivity contribution < 1.29 is 0 Å². The molecule has 0 spiro atoms. The molecule has 1 aromatic carbocycles. The van der Waals surface area contributed by atoms with Crippen LogP contribution < -0.4 is 5.32 Å². The Morgan fingerprint density at radius 1 is 1.24 bits per heavy atom. The van der Waals surface area contributed by atoms with Crippen molar-refractivity contribution in [3.8, 4) is 0 Å². The van der Waals surface area contributed by atoms with E-state index >= 15 is 0 Å². The van der Waals surface area contributed by atoms with Crippen LogP contribution in [-0.2, 0) is 0 Å². The minimum atomic E-state index is -0.0102. The summed E-state index contributed by atoms with van der Waals surface area (Å²) in [6.45, 7) is 4.03. The van der Waals surface area contributed by atoms with Gasteiger partial charge in [-0.1, -0.05) is 35.3 Å². The lowest BCUT2D eigenvalue weighted by Gasteiger charge is -2.17. The Hall–Kier alpha value is -1.85. The molecule has 0 fully saturated rings. The molecule has 3 aromatic rings. The lowest BCUT2D eigenvalue weighted by molar-refractivity contribution is 0.840. The molecule has 0 saturated heterocycles.